The zero-order chi connectivity index (χ0) is 19.3. The Hall–Kier alpha value is -3.65. The van der Waals surface area contributed by atoms with Gasteiger partial charge >= 0.3 is 0 Å². The van der Waals surface area contributed by atoms with Crippen molar-refractivity contribution < 1.29 is 5.11 Å². The Morgan fingerprint density at radius 2 is 1.21 bits per heavy atom. The van der Waals surface area contributed by atoms with Crippen molar-refractivity contribution >= 4 is 11.9 Å². The highest BCUT2D eigenvalue weighted by Crippen LogP contribution is 2.32. The second kappa shape index (κ2) is 7.93. The first-order chi connectivity index (χ1) is 13.7. The van der Waals surface area contributed by atoms with Crippen LogP contribution in [-0.4, -0.2) is 11.3 Å². The standard InChI is InChI=1S/C26H21NO/c1-19-9-8-14-22(26(19)28)18-27-25-16-23(20-10-4-2-5-11-20)15-24(17-25)21-12-6-3-7-13-21/h2-18,28H,1H3. The molecule has 1 N–H and O–H groups in total. The molecule has 4 aromatic rings. The van der Waals surface area contributed by atoms with Gasteiger partial charge in [-0.05, 0) is 59.0 Å². The summed E-state index contributed by atoms with van der Waals surface area (Å²) in [5, 5.41) is 10.2. The summed E-state index contributed by atoms with van der Waals surface area (Å²) in [6.07, 6.45) is 1.72. The molecule has 0 saturated carbocycles. The lowest BCUT2D eigenvalue weighted by molar-refractivity contribution is 0.470. The lowest BCUT2D eigenvalue weighted by atomic mass is 9.98. The van der Waals surface area contributed by atoms with E-state index in [-0.39, 0.29) is 5.75 Å². The smallest absolute Gasteiger partial charge is 0.127 e. The van der Waals surface area contributed by atoms with Crippen molar-refractivity contribution in [3.05, 3.63) is 108 Å². The van der Waals surface area contributed by atoms with Crippen molar-refractivity contribution in [3.8, 4) is 28.0 Å². The van der Waals surface area contributed by atoms with E-state index in [1.807, 2.05) is 61.5 Å². The van der Waals surface area contributed by atoms with Crippen LogP contribution in [0.4, 0.5) is 5.69 Å². The van der Waals surface area contributed by atoms with E-state index in [9.17, 15) is 5.11 Å². The van der Waals surface area contributed by atoms with Gasteiger partial charge in [-0.1, -0.05) is 72.8 Å². The summed E-state index contributed by atoms with van der Waals surface area (Å²) in [6.45, 7) is 1.89. The van der Waals surface area contributed by atoms with Gasteiger partial charge in [0, 0.05) is 11.8 Å². The molecule has 0 radical (unpaired) electrons. The molecule has 0 unspecified atom stereocenters. The summed E-state index contributed by atoms with van der Waals surface area (Å²) in [5.74, 6) is 0.272. The van der Waals surface area contributed by atoms with Crippen molar-refractivity contribution in [2.75, 3.05) is 0 Å². The van der Waals surface area contributed by atoms with E-state index >= 15 is 0 Å². The number of phenols is 1. The van der Waals surface area contributed by atoms with Crippen molar-refractivity contribution in [3.63, 3.8) is 0 Å². The van der Waals surface area contributed by atoms with Crippen molar-refractivity contribution in [1.82, 2.24) is 0 Å². The third-order valence-electron chi connectivity index (χ3n) is 4.75. The van der Waals surface area contributed by atoms with E-state index in [0.29, 0.717) is 5.56 Å². The van der Waals surface area contributed by atoms with E-state index < -0.39 is 0 Å². The average Bonchev–Trinajstić information content (AvgIpc) is 2.76. The molecule has 0 heterocycles. The first kappa shape index (κ1) is 17.7. The molecule has 28 heavy (non-hydrogen) atoms. The highest BCUT2D eigenvalue weighted by Gasteiger charge is 2.06. The van der Waals surface area contributed by atoms with Gasteiger partial charge in [0.15, 0.2) is 0 Å². The monoisotopic (exact) mass is 363 g/mol. The number of hydrogen-bond donors (Lipinski definition) is 1. The number of nitrogens with zero attached hydrogens (tertiary/aromatic N) is 1. The number of aliphatic imine (C=N–C) groups is 1. The number of aromatic hydroxyl groups is 1. The maximum Gasteiger partial charge on any atom is 0.127 e. The van der Waals surface area contributed by atoms with Crippen LogP contribution in [0, 0.1) is 6.92 Å². The zero-order valence-corrected chi connectivity index (χ0v) is 15.7. The van der Waals surface area contributed by atoms with Gasteiger partial charge in [0.25, 0.3) is 0 Å². The van der Waals surface area contributed by atoms with Crippen LogP contribution in [0.15, 0.2) is 102 Å². The quantitative estimate of drug-likeness (QED) is 0.398. The highest BCUT2D eigenvalue weighted by atomic mass is 16.3. The number of phenolic OH excluding ortho intramolecular Hbond substituents is 1. The number of rotatable bonds is 4. The van der Waals surface area contributed by atoms with Gasteiger partial charge in [-0.25, -0.2) is 0 Å². The summed E-state index contributed by atoms with van der Waals surface area (Å²) < 4.78 is 0. The second-order valence-electron chi connectivity index (χ2n) is 6.77. The Labute approximate surface area is 165 Å². The lowest BCUT2D eigenvalue weighted by Gasteiger charge is -2.09. The first-order valence-corrected chi connectivity index (χ1v) is 9.29. The van der Waals surface area contributed by atoms with Crippen molar-refractivity contribution in [2.24, 2.45) is 4.99 Å². The van der Waals surface area contributed by atoms with Crippen LogP contribution in [0.2, 0.25) is 0 Å². The van der Waals surface area contributed by atoms with Crippen LogP contribution >= 0.6 is 0 Å². The van der Waals surface area contributed by atoms with Crippen LogP contribution in [0.5, 0.6) is 5.75 Å². The SMILES string of the molecule is Cc1cccc(C=Nc2cc(-c3ccccc3)cc(-c3ccccc3)c2)c1O. The lowest BCUT2D eigenvalue weighted by Crippen LogP contribution is -1.86. The Balaban J connectivity index is 1.80. The van der Waals surface area contributed by atoms with Crippen LogP contribution < -0.4 is 0 Å². The van der Waals surface area contributed by atoms with E-state index in [0.717, 1.165) is 33.5 Å². The molecule has 0 aliphatic rings. The van der Waals surface area contributed by atoms with Crippen LogP contribution in [-0.2, 0) is 0 Å². The first-order valence-electron chi connectivity index (χ1n) is 9.29. The van der Waals surface area contributed by atoms with Gasteiger partial charge < -0.3 is 5.11 Å². The maximum atomic E-state index is 10.2. The molecule has 0 spiro atoms. The van der Waals surface area contributed by atoms with E-state index in [4.69, 9.17) is 0 Å². The molecule has 0 aliphatic carbocycles. The van der Waals surface area contributed by atoms with E-state index in [1.54, 1.807) is 6.21 Å². The van der Waals surface area contributed by atoms with Gasteiger partial charge in [0.05, 0.1) is 5.69 Å². The predicted molar refractivity (Wildman–Crippen MR) is 117 cm³/mol. The molecule has 4 rings (SSSR count). The normalized spacial score (nSPS) is 11.0. The second-order valence-corrected chi connectivity index (χ2v) is 6.77. The van der Waals surface area contributed by atoms with Gasteiger partial charge in [-0.2, -0.15) is 0 Å². The van der Waals surface area contributed by atoms with Crippen LogP contribution in [0.3, 0.4) is 0 Å². The fraction of sp³-hybridized carbons (Fsp3) is 0.0385. The fourth-order valence-corrected chi connectivity index (χ4v) is 3.21. The summed E-state index contributed by atoms with van der Waals surface area (Å²) in [6, 6.07) is 32.6. The van der Waals surface area contributed by atoms with Crippen LogP contribution in [0.1, 0.15) is 11.1 Å². The minimum Gasteiger partial charge on any atom is -0.507 e. The molecule has 136 valence electrons. The molecular formula is C26H21NO. The Morgan fingerprint density at radius 3 is 1.79 bits per heavy atom. The topological polar surface area (TPSA) is 32.6 Å². The van der Waals surface area contributed by atoms with Gasteiger partial charge in [-0.3, -0.25) is 4.99 Å². The third kappa shape index (κ3) is 3.86. The van der Waals surface area contributed by atoms with Crippen molar-refractivity contribution in [1.29, 1.82) is 0 Å². The molecule has 0 aromatic heterocycles. The number of aryl methyl sites for hydroxylation is 1. The molecule has 0 atom stereocenters. The van der Waals surface area contributed by atoms with Crippen LogP contribution in [0.25, 0.3) is 22.3 Å². The fourth-order valence-electron chi connectivity index (χ4n) is 3.21. The summed E-state index contributed by atoms with van der Waals surface area (Å²) in [7, 11) is 0. The molecular weight excluding hydrogens is 342 g/mol. The molecule has 0 bridgehead atoms. The molecule has 0 amide bonds. The summed E-state index contributed by atoms with van der Waals surface area (Å²) in [4.78, 5) is 4.67. The Morgan fingerprint density at radius 1 is 0.643 bits per heavy atom. The molecule has 0 fully saturated rings. The number of hydrogen-bond acceptors (Lipinski definition) is 2. The summed E-state index contributed by atoms with van der Waals surface area (Å²) >= 11 is 0. The number of para-hydroxylation sites is 1. The zero-order valence-electron chi connectivity index (χ0n) is 15.7. The third-order valence-corrected chi connectivity index (χ3v) is 4.75. The van der Waals surface area contributed by atoms with Gasteiger partial charge in [-0.15, -0.1) is 0 Å². The molecule has 2 nitrogen and oxygen atoms in total. The molecule has 4 aromatic carbocycles. The molecule has 0 saturated heterocycles. The van der Waals surface area contributed by atoms with E-state index in [1.165, 1.54) is 0 Å². The van der Waals surface area contributed by atoms with E-state index in [2.05, 4.69) is 47.5 Å². The maximum absolute atomic E-state index is 10.2. The minimum atomic E-state index is 0.272. The average molecular weight is 363 g/mol. The highest BCUT2D eigenvalue weighted by molar-refractivity contribution is 5.87. The molecule has 0 aliphatic heterocycles. The predicted octanol–water partition coefficient (Wildman–Crippen LogP) is 6.79. The van der Waals surface area contributed by atoms with Gasteiger partial charge in [0.2, 0.25) is 0 Å². The van der Waals surface area contributed by atoms with Gasteiger partial charge in [0.1, 0.15) is 5.75 Å². The largest absolute Gasteiger partial charge is 0.507 e. The number of benzene rings is 4. The van der Waals surface area contributed by atoms with Crippen molar-refractivity contribution in [2.45, 2.75) is 6.92 Å². The Kier molecular flexibility index (Phi) is 5.03. The molecule has 2 heteroatoms. The summed E-state index contributed by atoms with van der Waals surface area (Å²) in [5.41, 5.74) is 6.93. The minimum absolute atomic E-state index is 0.272. The Bertz CT molecular complexity index is 1060.